The minimum Gasteiger partial charge on any atom is -0.399 e. The summed E-state index contributed by atoms with van der Waals surface area (Å²) < 4.78 is 15.2. The molecule has 2 rings (SSSR count). The first-order valence-electron chi connectivity index (χ1n) is 5.88. The number of hydrogen-bond donors (Lipinski definition) is 2. The lowest BCUT2D eigenvalue weighted by Crippen LogP contribution is -2.28. The van der Waals surface area contributed by atoms with E-state index in [4.69, 9.17) is 5.73 Å². The van der Waals surface area contributed by atoms with E-state index in [0.717, 1.165) is 5.56 Å². The van der Waals surface area contributed by atoms with Gasteiger partial charge in [-0.1, -0.05) is 0 Å². The lowest BCUT2D eigenvalue weighted by Gasteiger charge is -2.07. The van der Waals surface area contributed by atoms with Crippen molar-refractivity contribution in [2.24, 2.45) is 0 Å². The van der Waals surface area contributed by atoms with Crippen molar-refractivity contribution in [3.05, 3.63) is 47.5 Å². The van der Waals surface area contributed by atoms with Crippen molar-refractivity contribution >= 4 is 11.6 Å². The Hall–Kier alpha value is -2.37. The molecule has 0 unspecified atom stereocenters. The average molecular weight is 262 g/mol. The first-order chi connectivity index (χ1) is 9.06. The van der Waals surface area contributed by atoms with Gasteiger partial charge >= 0.3 is 0 Å². The molecule has 0 radical (unpaired) electrons. The number of nitrogens with two attached hydrogens (primary N) is 1. The highest BCUT2D eigenvalue weighted by atomic mass is 19.1. The standard InChI is InChI=1S/C13H15FN4O/c1-9-7-17-18(8-9)5-4-16-13(19)11-6-10(15)2-3-12(11)14/h2-3,6-8H,4-5,15H2,1H3,(H,16,19). The van der Waals surface area contributed by atoms with Gasteiger partial charge in [0.1, 0.15) is 5.82 Å². The number of nitrogen functional groups attached to an aromatic ring is 1. The fourth-order valence-electron chi connectivity index (χ4n) is 1.69. The molecular weight excluding hydrogens is 247 g/mol. The molecule has 1 heterocycles. The third-order valence-corrected chi connectivity index (χ3v) is 2.62. The monoisotopic (exact) mass is 262 g/mol. The van der Waals surface area contributed by atoms with Gasteiger partial charge in [0.15, 0.2) is 0 Å². The molecule has 2 aromatic rings. The largest absolute Gasteiger partial charge is 0.399 e. The first kappa shape index (κ1) is 13.1. The summed E-state index contributed by atoms with van der Waals surface area (Å²) in [5, 5.41) is 6.72. The van der Waals surface area contributed by atoms with E-state index in [1.165, 1.54) is 18.2 Å². The summed E-state index contributed by atoms with van der Waals surface area (Å²) in [4.78, 5) is 11.8. The number of rotatable bonds is 4. The minimum absolute atomic E-state index is 0.0448. The van der Waals surface area contributed by atoms with Gasteiger partial charge in [-0.25, -0.2) is 4.39 Å². The van der Waals surface area contributed by atoms with Crippen LogP contribution in [0.15, 0.2) is 30.6 Å². The Labute approximate surface area is 110 Å². The topological polar surface area (TPSA) is 72.9 Å². The van der Waals surface area contributed by atoms with Gasteiger partial charge in [-0.2, -0.15) is 5.10 Å². The maximum Gasteiger partial charge on any atom is 0.254 e. The zero-order valence-corrected chi connectivity index (χ0v) is 10.6. The fraction of sp³-hybridized carbons (Fsp3) is 0.231. The Morgan fingerprint density at radius 2 is 2.32 bits per heavy atom. The molecule has 19 heavy (non-hydrogen) atoms. The third kappa shape index (κ3) is 3.31. The normalized spacial score (nSPS) is 10.4. The molecule has 6 heteroatoms. The molecule has 0 saturated heterocycles. The predicted molar refractivity (Wildman–Crippen MR) is 70.1 cm³/mol. The summed E-state index contributed by atoms with van der Waals surface area (Å²) in [5.41, 5.74) is 6.89. The molecule has 0 saturated carbocycles. The molecule has 0 aliphatic heterocycles. The summed E-state index contributed by atoms with van der Waals surface area (Å²) in [6.45, 7) is 2.84. The first-order valence-corrected chi connectivity index (χ1v) is 5.88. The molecule has 0 atom stereocenters. The molecule has 1 amide bonds. The van der Waals surface area contributed by atoms with Crippen LogP contribution >= 0.6 is 0 Å². The lowest BCUT2D eigenvalue weighted by atomic mass is 10.2. The number of nitrogens with one attached hydrogen (secondary N) is 1. The number of carbonyl (C=O) groups is 1. The van der Waals surface area contributed by atoms with E-state index in [0.29, 0.717) is 18.8 Å². The second kappa shape index (κ2) is 5.51. The Kier molecular flexibility index (Phi) is 3.79. The van der Waals surface area contributed by atoms with Crippen molar-refractivity contribution in [2.45, 2.75) is 13.5 Å². The van der Waals surface area contributed by atoms with Gasteiger partial charge in [0.05, 0.1) is 18.3 Å². The van der Waals surface area contributed by atoms with Crippen LogP contribution in [0.25, 0.3) is 0 Å². The predicted octanol–water partition coefficient (Wildman–Crippen LogP) is 1.34. The number of anilines is 1. The number of carbonyl (C=O) groups excluding carboxylic acids is 1. The molecule has 0 spiro atoms. The molecule has 100 valence electrons. The Balaban J connectivity index is 1.92. The maximum atomic E-state index is 13.4. The highest BCUT2D eigenvalue weighted by molar-refractivity contribution is 5.95. The van der Waals surface area contributed by atoms with E-state index < -0.39 is 11.7 Å². The third-order valence-electron chi connectivity index (χ3n) is 2.62. The van der Waals surface area contributed by atoms with Crippen molar-refractivity contribution < 1.29 is 9.18 Å². The highest BCUT2D eigenvalue weighted by Gasteiger charge is 2.11. The van der Waals surface area contributed by atoms with Crippen molar-refractivity contribution in [3.8, 4) is 0 Å². The summed E-state index contributed by atoms with van der Waals surface area (Å²) >= 11 is 0. The molecule has 0 fully saturated rings. The van der Waals surface area contributed by atoms with Crippen LogP contribution in [0.2, 0.25) is 0 Å². The molecule has 3 N–H and O–H groups in total. The van der Waals surface area contributed by atoms with E-state index in [2.05, 4.69) is 10.4 Å². The van der Waals surface area contributed by atoms with Gasteiger partial charge in [0, 0.05) is 18.4 Å². The highest BCUT2D eigenvalue weighted by Crippen LogP contribution is 2.11. The number of hydrogen-bond acceptors (Lipinski definition) is 3. The van der Waals surface area contributed by atoms with Crippen LogP contribution in [0.1, 0.15) is 15.9 Å². The van der Waals surface area contributed by atoms with Crippen LogP contribution < -0.4 is 11.1 Å². The summed E-state index contributed by atoms with van der Waals surface area (Å²) in [5.74, 6) is -1.06. The van der Waals surface area contributed by atoms with Crippen LogP contribution in [-0.2, 0) is 6.54 Å². The second-order valence-electron chi connectivity index (χ2n) is 4.28. The molecule has 5 nitrogen and oxygen atoms in total. The van der Waals surface area contributed by atoms with Crippen LogP contribution in [0.5, 0.6) is 0 Å². The molecular formula is C13H15FN4O. The number of aryl methyl sites for hydroxylation is 1. The average Bonchev–Trinajstić information content (AvgIpc) is 2.78. The number of benzene rings is 1. The van der Waals surface area contributed by atoms with Gasteiger partial charge in [-0.3, -0.25) is 9.48 Å². The molecule has 1 aromatic heterocycles. The van der Waals surface area contributed by atoms with Gasteiger partial charge < -0.3 is 11.1 Å². The van der Waals surface area contributed by atoms with E-state index in [9.17, 15) is 9.18 Å². The van der Waals surface area contributed by atoms with Crippen molar-refractivity contribution in [1.82, 2.24) is 15.1 Å². The summed E-state index contributed by atoms with van der Waals surface area (Å²) in [7, 11) is 0. The van der Waals surface area contributed by atoms with Crippen molar-refractivity contribution in [2.75, 3.05) is 12.3 Å². The summed E-state index contributed by atoms with van der Waals surface area (Å²) in [6.07, 6.45) is 3.60. The Morgan fingerprint density at radius 1 is 1.53 bits per heavy atom. The zero-order valence-electron chi connectivity index (χ0n) is 10.6. The quantitative estimate of drug-likeness (QED) is 0.817. The smallest absolute Gasteiger partial charge is 0.254 e. The van der Waals surface area contributed by atoms with Crippen LogP contribution in [0.4, 0.5) is 10.1 Å². The van der Waals surface area contributed by atoms with Crippen LogP contribution in [0.3, 0.4) is 0 Å². The number of halogens is 1. The van der Waals surface area contributed by atoms with Gasteiger partial charge in [-0.05, 0) is 30.7 Å². The van der Waals surface area contributed by atoms with Gasteiger partial charge in [0.2, 0.25) is 0 Å². The minimum atomic E-state index is -0.582. The SMILES string of the molecule is Cc1cnn(CCNC(=O)c2cc(N)ccc2F)c1. The maximum absolute atomic E-state index is 13.4. The number of nitrogens with zero attached hydrogens (tertiary/aromatic N) is 2. The second-order valence-corrected chi connectivity index (χ2v) is 4.28. The van der Waals surface area contributed by atoms with Crippen molar-refractivity contribution in [1.29, 1.82) is 0 Å². The lowest BCUT2D eigenvalue weighted by molar-refractivity contribution is 0.0948. The molecule has 0 bridgehead atoms. The Bertz CT molecular complexity index is 594. The van der Waals surface area contributed by atoms with E-state index in [1.54, 1.807) is 10.9 Å². The van der Waals surface area contributed by atoms with Crippen LogP contribution in [-0.4, -0.2) is 22.2 Å². The number of amides is 1. The van der Waals surface area contributed by atoms with Gasteiger partial charge in [0.25, 0.3) is 5.91 Å². The molecule has 0 aliphatic carbocycles. The fourth-order valence-corrected chi connectivity index (χ4v) is 1.69. The molecule has 1 aromatic carbocycles. The molecule has 0 aliphatic rings. The Morgan fingerprint density at radius 3 is 3.00 bits per heavy atom. The van der Waals surface area contributed by atoms with E-state index >= 15 is 0 Å². The zero-order chi connectivity index (χ0) is 13.8. The van der Waals surface area contributed by atoms with Crippen LogP contribution in [0, 0.1) is 12.7 Å². The van der Waals surface area contributed by atoms with Gasteiger partial charge in [-0.15, -0.1) is 0 Å². The van der Waals surface area contributed by atoms with Crippen molar-refractivity contribution in [3.63, 3.8) is 0 Å². The van der Waals surface area contributed by atoms with E-state index in [-0.39, 0.29) is 5.56 Å². The van der Waals surface area contributed by atoms with E-state index in [1.807, 2.05) is 13.1 Å². The summed E-state index contributed by atoms with van der Waals surface area (Å²) in [6, 6.07) is 3.92. The number of aromatic nitrogens is 2.